The van der Waals surface area contributed by atoms with Crippen LogP contribution in [0.1, 0.15) is 13.3 Å². The Balaban J connectivity index is 1.63. The van der Waals surface area contributed by atoms with Gasteiger partial charge in [-0.3, -0.25) is 9.59 Å². The second-order valence-corrected chi connectivity index (χ2v) is 9.30. The Morgan fingerprint density at radius 1 is 1.19 bits per heavy atom. The highest BCUT2D eigenvalue weighted by atomic mass is 35.5. The zero-order valence-corrected chi connectivity index (χ0v) is 19.7. The molecule has 7 nitrogen and oxygen atoms in total. The summed E-state index contributed by atoms with van der Waals surface area (Å²) in [6.45, 7) is 3.40. The van der Waals surface area contributed by atoms with Crippen molar-refractivity contribution in [1.82, 2.24) is 4.57 Å². The minimum absolute atomic E-state index is 0.176. The summed E-state index contributed by atoms with van der Waals surface area (Å²) < 4.78 is 19.2. The molecule has 1 aromatic heterocycles. The highest BCUT2D eigenvalue weighted by Crippen LogP contribution is 2.35. The Labute approximate surface area is 198 Å². The highest BCUT2D eigenvalue weighted by molar-refractivity contribution is 8.00. The van der Waals surface area contributed by atoms with Gasteiger partial charge in [0, 0.05) is 28.6 Å². The molecule has 1 aliphatic rings. The number of hydrogen-bond donors (Lipinski definition) is 0. The van der Waals surface area contributed by atoms with Gasteiger partial charge in [0.2, 0.25) is 0 Å². The number of halogens is 1. The third kappa shape index (κ3) is 5.46. The number of benzene rings is 2. The Kier molecular flexibility index (Phi) is 7.39. The van der Waals surface area contributed by atoms with Crippen molar-refractivity contribution in [3.05, 3.63) is 46.2 Å². The average molecular weight is 493 g/mol. The molecule has 2 aromatic carbocycles. The zero-order chi connectivity index (χ0) is 22.5. The molecule has 0 fully saturated rings. The minimum atomic E-state index is -0.299. The third-order valence-corrected chi connectivity index (χ3v) is 6.88. The van der Waals surface area contributed by atoms with Crippen molar-refractivity contribution in [2.45, 2.75) is 24.8 Å². The highest BCUT2D eigenvalue weighted by Gasteiger charge is 2.17. The first-order chi connectivity index (χ1) is 15.5. The summed E-state index contributed by atoms with van der Waals surface area (Å²) >= 11 is 8.68. The Hall–Kier alpha value is -2.49. The number of esters is 1. The molecule has 32 heavy (non-hydrogen) atoms. The Bertz CT molecular complexity index is 1200. The van der Waals surface area contributed by atoms with Gasteiger partial charge in [0.1, 0.15) is 13.2 Å². The summed E-state index contributed by atoms with van der Waals surface area (Å²) in [6.07, 6.45) is 0.176. The van der Waals surface area contributed by atoms with Gasteiger partial charge in [-0.2, -0.15) is 4.99 Å². The fourth-order valence-corrected chi connectivity index (χ4v) is 5.05. The summed E-state index contributed by atoms with van der Waals surface area (Å²) in [5.74, 6) is 0.934. The van der Waals surface area contributed by atoms with Gasteiger partial charge in [0.05, 0.1) is 29.0 Å². The fraction of sp³-hybridized carbons (Fsp3) is 0.318. The first kappa shape index (κ1) is 22.7. The number of hydrogen-bond acceptors (Lipinski definition) is 7. The molecule has 4 rings (SSSR count). The van der Waals surface area contributed by atoms with Crippen LogP contribution in [0.2, 0.25) is 5.02 Å². The van der Waals surface area contributed by atoms with E-state index in [0.29, 0.717) is 47.7 Å². The van der Waals surface area contributed by atoms with Crippen LogP contribution >= 0.6 is 34.7 Å². The largest absolute Gasteiger partial charge is 0.486 e. The van der Waals surface area contributed by atoms with Crippen molar-refractivity contribution in [2.24, 2.45) is 4.99 Å². The molecule has 1 amide bonds. The van der Waals surface area contributed by atoms with Gasteiger partial charge in [-0.05, 0) is 31.2 Å². The second-order valence-electron chi connectivity index (χ2n) is 6.80. The maximum Gasteiger partial charge on any atom is 0.307 e. The molecular formula is C22H21ClN2O5S2. The molecule has 0 unspecified atom stereocenters. The van der Waals surface area contributed by atoms with Crippen LogP contribution in [-0.2, 0) is 20.9 Å². The Morgan fingerprint density at radius 3 is 2.62 bits per heavy atom. The van der Waals surface area contributed by atoms with E-state index in [2.05, 4.69) is 4.99 Å². The third-order valence-electron chi connectivity index (χ3n) is 4.59. The van der Waals surface area contributed by atoms with E-state index in [-0.39, 0.29) is 24.1 Å². The molecule has 0 radical (unpaired) electrons. The van der Waals surface area contributed by atoms with Crippen LogP contribution in [-0.4, -0.2) is 42.0 Å². The topological polar surface area (TPSA) is 79.1 Å². The number of thioether (sulfide) groups is 1. The van der Waals surface area contributed by atoms with Crippen LogP contribution in [0, 0.1) is 0 Å². The zero-order valence-electron chi connectivity index (χ0n) is 17.3. The maximum absolute atomic E-state index is 12.6. The lowest BCUT2D eigenvalue weighted by Gasteiger charge is -2.18. The number of carbonyl (C=O) groups is 2. The number of carbonyl (C=O) groups excluding carboxylic acids is 2. The molecule has 0 aliphatic carbocycles. The van der Waals surface area contributed by atoms with E-state index in [4.69, 9.17) is 25.8 Å². The number of nitrogens with zero attached hydrogens (tertiary/aromatic N) is 2. The van der Waals surface area contributed by atoms with Crippen molar-refractivity contribution in [3.8, 4) is 11.5 Å². The first-order valence-electron chi connectivity index (χ1n) is 10.1. The lowest BCUT2D eigenvalue weighted by molar-refractivity contribution is -0.143. The predicted molar refractivity (Wildman–Crippen MR) is 125 cm³/mol. The molecule has 0 N–H and O–H groups in total. The monoisotopic (exact) mass is 492 g/mol. The minimum Gasteiger partial charge on any atom is -0.486 e. The molecule has 10 heteroatoms. The van der Waals surface area contributed by atoms with Crippen LogP contribution in [0.4, 0.5) is 0 Å². The van der Waals surface area contributed by atoms with Crippen molar-refractivity contribution in [3.63, 3.8) is 0 Å². The molecule has 0 saturated carbocycles. The standard InChI is InChI=1S/C22H21ClN2O5S2/c1-2-28-21(27)7-8-25-16-11-17-18(30-10-9-29-17)12-19(16)32-22(25)24-20(26)13-31-15-5-3-14(23)4-6-15/h3-6,11-12H,2,7-10,13H2,1H3. The number of ether oxygens (including phenoxy) is 3. The molecule has 0 saturated heterocycles. The van der Waals surface area contributed by atoms with Crippen molar-refractivity contribution in [1.29, 1.82) is 0 Å². The molecule has 0 spiro atoms. The Morgan fingerprint density at radius 2 is 1.91 bits per heavy atom. The SMILES string of the molecule is CCOC(=O)CCn1c(=NC(=O)CSc2ccc(Cl)cc2)sc2cc3c(cc21)OCCO3. The van der Waals surface area contributed by atoms with Crippen LogP contribution in [0.3, 0.4) is 0 Å². The lowest BCUT2D eigenvalue weighted by atomic mass is 10.2. The molecular weight excluding hydrogens is 472 g/mol. The molecule has 2 heterocycles. The molecule has 0 bridgehead atoms. The van der Waals surface area contributed by atoms with Gasteiger partial charge >= 0.3 is 5.97 Å². The van der Waals surface area contributed by atoms with E-state index < -0.39 is 0 Å². The van der Waals surface area contributed by atoms with Crippen LogP contribution < -0.4 is 14.3 Å². The number of rotatable bonds is 7. The van der Waals surface area contributed by atoms with E-state index in [1.54, 1.807) is 19.1 Å². The summed E-state index contributed by atoms with van der Waals surface area (Å²) in [7, 11) is 0. The number of aryl methyl sites for hydroxylation is 1. The smallest absolute Gasteiger partial charge is 0.307 e. The molecule has 0 atom stereocenters. The average Bonchev–Trinajstić information content (AvgIpc) is 3.11. The van der Waals surface area contributed by atoms with E-state index in [1.165, 1.54) is 23.1 Å². The molecule has 3 aromatic rings. The first-order valence-corrected chi connectivity index (χ1v) is 12.3. The lowest BCUT2D eigenvalue weighted by Crippen LogP contribution is -2.20. The van der Waals surface area contributed by atoms with Crippen LogP contribution in [0.5, 0.6) is 11.5 Å². The fourth-order valence-electron chi connectivity index (χ4n) is 3.16. The predicted octanol–water partition coefficient (Wildman–Crippen LogP) is 4.30. The van der Waals surface area contributed by atoms with E-state index >= 15 is 0 Å². The number of aromatic nitrogens is 1. The van der Waals surface area contributed by atoms with Crippen LogP contribution in [0.15, 0.2) is 46.3 Å². The van der Waals surface area contributed by atoms with Gasteiger partial charge in [-0.15, -0.1) is 11.8 Å². The van der Waals surface area contributed by atoms with Gasteiger partial charge in [-0.25, -0.2) is 0 Å². The quantitative estimate of drug-likeness (QED) is 0.361. The van der Waals surface area contributed by atoms with E-state index in [1.807, 2.05) is 28.8 Å². The van der Waals surface area contributed by atoms with Crippen molar-refractivity contribution in [2.75, 3.05) is 25.6 Å². The second kappa shape index (κ2) is 10.4. The van der Waals surface area contributed by atoms with Crippen molar-refractivity contribution < 1.29 is 23.8 Å². The van der Waals surface area contributed by atoms with Gasteiger partial charge in [0.15, 0.2) is 16.3 Å². The number of fused-ring (bicyclic) bond motifs is 2. The maximum atomic E-state index is 12.6. The molecule has 168 valence electrons. The molecule has 1 aliphatic heterocycles. The van der Waals surface area contributed by atoms with Crippen molar-refractivity contribution >= 4 is 56.8 Å². The normalized spacial score (nSPS) is 13.4. The summed E-state index contributed by atoms with van der Waals surface area (Å²) in [4.78, 5) is 30.4. The van der Waals surface area contributed by atoms with Gasteiger partial charge in [0.25, 0.3) is 5.91 Å². The summed E-state index contributed by atoms with van der Waals surface area (Å²) in [6, 6.07) is 11.1. The van der Waals surface area contributed by atoms with E-state index in [0.717, 1.165) is 15.1 Å². The van der Waals surface area contributed by atoms with Crippen LogP contribution in [0.25, 0.3) is 10.2 Å². The number of amides is 1. The summed E-state index contributed by atoms with van der Waals surface area (Å²) in [5.41, 5.74) is 0.834. The van der Waals surface area contributed by atoms with E-state index in [9.17, 15) is 9.59 Å². The van der Waals surface area contributed by atoms with Gasteiger partial charge < -0.3 is 18.8 Å². The number of thiazole rings is 1. The summed E-state index contributed by atoms with van der Waals surface area (Å²) in [5, 5.41) is 0.647. The van der Waals surface area contributed by atoms with Gasteiger partial charge in [-0.1, -0.05) is 22.9 Å².